The van der Waals surface area contributed by atoms with Gasteiger partial charge >= 0.3 is 12.0 Å². The van der Waals surface area contributed by atoms with Crippen molar-refractivity contribution in [3.05, 3.63) is 22.4 Å². The average Bonchev–Trinajstić information content (AvgIpc) is 3.11. The van der Waals surface area contributed by atoms with E-state index in [2.05, 4.69) is 24.5 Å². The van der Waals surface area contributed by atoms with E-state index in [9.17, 15) is 14.7 Å². The molecule has 2 amide bonds. The van der Waals surface area contributed by atoms with Gasteiger partial charge in [0.05, 0.1) is 0 Å². The lowest BCUT2D eigenvalue weighted by Gasteiger charge is -2.28. The summed E-state index contributed by atoms with van der Waals surface area (Å²) in [6.45, 7) is 6.14. The van der Waals surface area contributed by atoms with Crippen molar-refractivity contribution in [3.63, 3.8) is 0 Å². The fourth-order valence-electron chi connectivity index (χ4n) is 2.32. The number of rotatable bonds is 6. The Hall–Kier alpha value is -1.56. The zero-order valence-electron chi connectivity index (χ0n) is 12.6. The second-order valence-corrected chi connectivity index (χ2v) is 7.40. The van der Waals surface area contributed by atoms with Crippen LogP contribution >= 0.6 is 11.3 Å². The molecule has 1 aromatic rings. The van der Waals surface area contributed by atoms with Crippen molar-refractivity contribution in [2.45, 2.75) is 44.6 Å². The Kier molecular flexibility index (Phi) is 4.27. The highest BCUT2D eigenvalue weighted by Crippen LogP contribution is 2.39. The van der Waals surface area contributed by atoms with Crippen molar-refractivity contribution >= 4 is 23.3 Å². The summed E-state index contributed by atoms with van der Waals surface area (Å²) in [6.07, 6.45) is 1.70. The second-order valence-electron chi connectivity index (χ2n) is 6.45. The summed E-state index contributed by atoms with van der Waals surface area (Å²) in [6, 6.07) is 3.60. The molecular weight excluding hydrogens is 288 g/mol. The first-order valence-corrected chi connectivity index (χ1v) is 7.97. The lowest BCUT2D eigenvalue weighted by molar-refractivity contribution is -0.144. The maximum absolute atomic E-state index is 12.0. The van der Waals surface area contributed by atoms with Crippen LogP contribution in [0.5, 0.6) is 0 Å². The molecule has 5 nitrogen and oxygen atoms in total. The number of hydrogen-bond donors (Lipinski definition) is 3. The molecule has 0 aromatic carbocycles. The molecule has 0 radical (unpaired) electrons. The van der Waals surface area contributed by atoms with Gasteiger partial charge in [0.25, 0.3) is 0 Å². The maximum atomic E-state index is 12.0. The molecule has 1 unspecified atom stereocenters. The predicted octanol–water partition coefficient (Wildman–Crippen LogP) is 2.58. The van der Waals surface area contributed by atoms with Crippen LogP contribution in [0, 0.1) is 5.92 Å². The number of carboxylic acids is 1. The molecule has 3 N–H and O–H groups in total. The summed E-state index contributed by atoms with van der Waals surface area (Å²) >= 11 is 1.65. The van der Waals surface area contributed by atoms with Crippen LogP contribution in [0.3, 0.4) is 0 Å². The molecule has 1 aliphatic carbocycles. The smallest absolute Gasteiger partial charge is 0.329 e. The van der Waals surface area contributed by atoms with E-state index in [0.717, 1.165) is 12.8 Å². The van der Waals surface area contributed by atoms with E-state index in [4.69, 9.17) is 0 Å². The number of carbonyl (C=O) groups excluding carboxylic acids is 1. The molecule has 1 aliphatic rings. The average molecular weight is 310 g/mol. The minimum atomic E-state index is -1.17. The number of thiophene rings is 1. The van der Waals surface area contributed by atoms with E-state index in [1.807, 2.05) is 17.5 Å². The second kappa shape index (κ2) is 5.67. The SMILES string of the molecule is CC(C)(CNC(=O)NC(C)(C(=O)O)C1CC1)c1cccs1. The molecule has 0 aliphatic heterocycles. The molecule has 1 saturated carbocycles. The van der Waals surface area contributed by atoms with Gasteiger partial charge in [0.1, 0.15) is 5.54 Å². The molecule has 1 fully saturated rings. The summed E-state index contributed by atoms with van der Waals surface area (Å²) in [5, 5.41) is 16.8. The van der Waals surface area contributed by atoms with E-state index in [-0.39, 0.29) is 11.3 Å². The summed E-state index contributed by atoms with van der Waals surface area (Å²) in [5.41, 5.74) is -1.35. The molecule has 21 heavy (non-hydrogen) atoms. The van der Waals surface area contributed by atoms with Gasteiger partial charge in [-0.2, -0.15) is 0 Å². The van der Waals surface area contributed by atoms with Gasteiger partial charge in [0.2, 0.25) is 0 Å². The third kappa shape index (κ3) is 3.56. The molecule has 2 rings (SSSR count). The van der Waals surface area contributed by atoms with Gasteiger partial charge in [-0.05, 0) is 37.1 Å². The van der Waals surface area contributed by atoms with Crippen LogP contribution < -0.4 is 10.6 Å². The number of carbonyl (C=O) groups is 2. The molecule has 1 atom stereocenters. The number of aliphatic carboxylic acids is 1. The molecular formula is C15H22N2O3S. The normalized spacial score (nSPS) is 17.9. The third-order valence-electron chi connectivity index (χ3n) is 4.09. The van der Waals surface area contributed by atoms with Crippen molar-refractivity contribution in [1.29, 1.82) is 0 Å². The Morgan fingerprint density at radius 1 is 1.38 bits per heavy atom. The number of carboxylic acid groups (broad SMARTS) is 1. The fraction of sp³-hybridized carbons (Fsp3) is 0.600. The minimum absolute atomic E-state index is 0.0334. The quantitative estimate of drug-likeness (QED) is 0.755. The standard InChI is InChI=1S/C15H22N2O3S/c1-14(2,11-5-4-8-21-11)9-16-13(20)17-15(3,12(18)19)10-6-7-10/h4-5,8,10H,6-7,9H2,1-3H3,(H,18,19)(H2,16,17,20). The minimum Gasteiger partial charge on any atom is -0.480 e. The highest BCUT2D eigenvalue weighted by atomic mass is 32.1. The van der Waals surface area contributed by atoms with Crippen molar-refractivity contribution in [1.82, 2.24) is 10.6 Å². The van der Waals surface area contributed by atoms with E-state index < -0.39 is 17.5 Å². The van der Waals surface area contributed by atoms with Crippen LogP contribution in [0.4, 0.5) is 4.79 Å². The topological polar surface area (TPSA) is 78.4 Å². The van der Waals surface area contributed by atoms with Crippen molar-refractivity contribution in [2.75, 3.05) is 6.54 Å². The lowest BCUT2D eigenvalue weighted by atomic mass is 9.91. The van der Waals surface area contributed by atoms with Crippen LogP contribution in [0.2, 0.25) is 0 Å². The molecule has 1 aromatic heterocycles. The summed E-state index contributed by atoms with van der Waals surface area (Å²) in [7, 11) is 0. The summed E-state index contributed by atoms with van der Waals surface area (Å²) < 4.78 is 0. The largest absolute Gasteiger partial charge is 0.480 e. The zero-order chi connectivity index (χ0) is 15.7. The molecule has 1 heterocycles. The van der Waals surface area contributed by atoms with Crippen molar-refractivity contribution in [3.8, 4) is 0 Å². The molecule has 0 spiro atoms. The molecule has 116 valence electrons. The first-order chi connectivity index (χ1) is 9.75. The van der Waals surface area contributed by atoms with E-state index in [1.165, 1.54) is 4.88 Å². The van der Waals surface area contributed by atoms with Gasteiger partial charge in [-0.25, -0.2) is 9.59 Å². The Labute approximate surface area is 128 Å². The lowest BCUT2D eigenvalue weighted by Crippen LogP contribution is -2.57. The van der Waals surface area contributed by atoms with Crippen LogP contribution in [0.25, 0.3) is 0 Å². The Balaban J connectivity index is 1.91. The van der Waals surface area contributed by atoms with Crippen LogP contribution in [0.1, 0.15) is 38.5 Å². The van der Waals surface area contributed by atoms with Gasteiger partial charge in [-0.3, -0.25) is 0 Å². The van der Waals surface area contributed by atoms with E-state index in [1.54, 1.807) is 18.3 Å². The number of hydrogen-bond acceptors (Lipinski definition) is 3. The number of urea groups is 1. The monoisotopic (exact) mass is 310 g/mol. The van der Waals surface area contributed by atoms with E-state index in [0.29, 0.717) is 6.54 Å². The number of amides is 2. The van der Waals surface area contributed by atoms with Crippen molar-refractivity contribution < 1.29 is 14.7 Å². The Bertz CT molecular complexity index is 523. The third-order valence-corrected chi connectivity index (χ3v) is 5.33. The van der Waals surface area contributed by atoms with Gasteiger partial charge in [-0.15, -0.1) is 11.3 Å². The predicted molar refractivity (Wildman–Crippen MR) is 82.6 cm³/mol. The fourth-order valence-corrected chi connectivity index (χ4v) is 3.17. The van der Waals surface area contributed by atoms with Crippen LogP contribution in [-0.4, -0.2) is 29.2 Å². The Morgan fingerprint density at radius 2 is 2.05 bits per heavy atom. The number of nitrogens with one attached hydrogen (secondary N) is 2. The van der Waals surface area contributed by atoms with Crippen molar-refractivity contribution in [2.24, 2.45) is 5.92 Å². The maximum Gasteiger partial charge on any atom is 0.329 e. The van der Waals surface area contributed by atoms with Gasteiger partial charge in [0.15, 0.2) is 0 Å². The summed E-state index contributed by atoms with van der Waals surface area (Å²) in [5.74, 6) is -0.941. The Morgan fingerprint density at radius 3 is 2.52 bits per heavy atom. The molecule has 6 heteroatoms. The van der Waals surface area contributed by atoms with Gasteiger partial charge in [-0.1, -0.05) is 19.9 Å². The first kappa shape index (κ1) is 15.8. The summed E-state index contributed by atoms with van der Waals surface area (Å²) in [4.78, 5) is 24.6. The first-order valence-electron chi connectivity index (χ1n) is 7.09. The van der Waals surface area contributed by atoms with Crippen LogP contribution in [-0.2, 0) is 10.2 Å². The molecule has 0 saturated heterocycles. The zero-order valence-corrected chi connectivity index (χ0v) is 13.4. The van der Waals surface area contributed by atoms with E-state index >= 15 is 0 Å². The highest BCUT2D eigenvalue weighted by Gasteiger charge is 2.48. The molecule has 0 bridgehead atoms. The van der Waals surface area contributed by atoms with Crippen LogP contribution in [0.15, 0.2) is 17.5 Å². The van der Waals surface area contributed by atoms with Gasteiger partial charge in [0, 0.05) is 16.8 Å². The van der Waals surface area contributed by atoms with Gasteiger partial charge < -0.3 is 15.7 Å². The highest BCUT2D eigenvalue weighted by molar-refractivity contribution is 7.10.